The van der Waals surface area contributed by atoms with Crippen LogP contribution in [0.5, 0.6) is 0 Å². The van der Waals surface area contributed by atoms with E-state index in [0.29, 0.717) is 18.8 Å². The number of carbonyl (C=O) groups is 2. The molecule has 2 saturated carbocycles. The highest BCUT2D eigenvalue weighted by Gasteiger charge is 2.59. The Morgan fingerprint density at radius 1 is 1.26 bits per heavy atom. The van der Waals surface area contributed by atoms with Crippen molar-refractivity contribution < 1.29 is 19.4 Å². The van der Waals surface area contributed by atoms with Gasteiger partial charge in [-0.3, -0.25) is 4.90 Å². The SMILES string of the molecule is CC1CC(C(=O)O)(N(C(=O)OC(C)(C)C)C2CC2)C1. The lowest BCUT2D eigenvalue weighted by Gasteiger charge is -2.50. The summed E-state index contributed by atoms with van der Waals surface area (Å²) in [5.41, 5.74) is -1.64. The molecule has 0 aliphatic heterocycles. The number of rotatable bonds is 3. The molecule has 2 aliphatic carbocycles. The van der Waals surface area contributed by atoms with E-state index < -0.39 is 23.2 Å². The third kappa shape index (κ3) is 2.69. The quantitative estimate of drug-likeness (QED) is 0.855. The molecule has 0 saturated heterocycles. The summed E-state index contributed by atoms with van der Waals surface area (Å²) >= 11 is 0. The zero-order valence-electron chi connectivity index (χ0n) is 12.1. The third-order valence-corrected chi connectivity index (χ3v) is 3.73. The molecule has 0 atom stereocenters. The minimum Gasteiger partial charge on any atom is -0.479 e. The lowest BCUT2D eigenvalue weighted by atomic mass is 9.68. The maximum atomic E-state index is 12.3. The van der Waals surface area contributed by atoms with Crippen LogP contribution in [0.25, 0.3) is 0 Å². The lowest BCUT2D eigenvalue weighted by Crippen LogP contribution is -2.65. The monoisotopic (exact) mass is 269 g/mol. The Labute approximate surface area is 113 Å². The Balaban J connectivity index is 2.20. The molecule has 1 N–H and O–H groups in total. The van der Waals surface area contributed by atoms with Gasteiger partial charge in [-0.05, 0) is 52.4 Å². The minimum atomic E-state index is -1.04. The number of carbonyl (C=O) groups excluding carboxylic acids is 1. The van der Waals surface area contributed by atoms with Gasteiger partial charge in [-0.1, -0.05) is 6.92 Å². The highest BCUT2D eigenvalue weighted by atomic mass is 16.6. The van der Waals surface area contributed by atoms with Crippen molar-refractivity contribution in [1.29, 1.82) is 0 Å². The van der Waals surface area contributed by atoms with E-state index in [2.05, 4.69) is 0 Å². The van der Waals surface area contributed by atoms with Crippen molar-refractivity contribution in [2.45, 2.75) is 70.6 Å². The normalized spacial score (nSPS) is 30.4. The minimum absolute atomic E-state index is 0.0402. The maximum Gasteiger partial charge on any atom is 0.411 e. The first-order chi connectivity index (χ1) is 8.66. The first-order valence-corrected chi connectivity index (χ1v) is 6.91. The van der Waals surface area contributed by atoms with Crippen molar-refractivity contribution in [3.8, 4) is 0 Å². The summed E-state index contributed by atoms with van der Waals surface area (Å²) in [5, 5.41) is 9.55. The maximum absolute atomic E-state index is 12.3. The first-order valence-electron chi connectivity index (χ1n) is 6.91. The molecule has 5 nitrogen and oxygen atoms in total. The van der Waals surface area contributed by atoms with E-state index in [1.807, 2.05) is 6.92 Å². The molecule has 0 bridgehead atoms. The molecule has 0 aromatic rings. The van der Waals surface area contributed by atoms with Gasteiger partial charge in [0.05, 0.1) is 0 Å². The van der Waals surface area contributed by atoms with Gasteiger partial charge in [0.15, 0.2) is 0 Å². The molecule has 108 valence electrons. The van der Waals surface area contributed by atoms with Crippen LogP contribution in [0.1, 0.15) is 53.4 Å². The van der Waals surface area contributed by atoms with Gasteiger partial charge in [-0.15, -0.1) is 0 Å². The molecule has 5 heteroatoms. The number of nitrogens with zero attached hydrogens (tertiary/aromatic N) is 1. The summed E-state index contributed by atoms with van der Waals surface area (Å²) in [6.45, 7) is 7.41. The van der Waals surface area contributed by atoms with Crippen molar-refractivity contribution in [2.24, 2.45) is 5.92 Å². The van der Waals surface area contributed by atoms with E-state index in [0.717, 1.165) is 12.8 Å². The number of aliphatic carboxylic acids is 1. The molecule has 0 radical (unpaired) electrons. The van der Waals surface area contributed by atoms with Crippen LogP contribution in [-0.4, -0.2) is 39.3 Å². The number of amides is 1. The van der Waals surface area contributed by atoms with Crippen molar-refractivity contribution >= 4 is 12.1 Å². The van der Waals surface area contributed by atoms with E-state index in [4.69, 9.17) is 4.74 Å². The molecule has 1 amide bonds. The molecule has 2 fully saturated rings. The van der Waals surface area contributed by atoms with Crippen LogP contribution >= 0.6 is 0 Å². The van der Waals surface area contributed by atoms with Crippen LogP contribution in [0, 0.1) is 5.92 Å². The van der Waals surface area contributed by atoms with Crippen molar-refractivity contribution in [3.05, 3.63) is 0 Å². The lowest BCUT2D eigenvalue weighted by molar-refractivity contribution is -0.162. The summed E-state index contributed by atoms with van der Waals surface area (Å²) < 4.78 is 5.39. The van der Waals surface area contributed by atoms with Gasteiger partial charge in [0.1, 0.15) is 11.1 Å². The molecule has 2 rings (SSSR count). The standard InChI is InChI=1S/C14H23NO4/c1-9-7-14(8-9,11(16)17)15(10-5-6-10)12(18)19-13(2,3)4/h9-10H,5-8H2,1-4H3,(H,16,17). The Kier molecular flexibility index (Phi) is 3.27. The van der Waals surface area contributed by atoms with E-state index >= 15 is 0 Å². The fourth-order valence-corrected chi connectivity index (χ4v) is 2.88. The van der Waals surface area contributed by atoms with Gasteiger partial charge in [-0.25, -0.2) is 9.59 Å². The molecular formula is C14H23NO4. The van der Waals surface area contributed by atoms with E-state index in [-0.39, 0.29) is 6.04 Å². The van der Waals surface area contributed by atoms with E-state index in [1.165, 1.54) is 4.90 Å². The van der Waals surface area contributed by atoms with Crippen LogP contribution in [-0.2, 0) is 9.53 Å². The summed E-state index contributed by atoms with van der Waals surface area (Å²) in [7, 11) is 0. The number of hydrogen-bond donors (Lipinski definition) is 1. The molecule has 0 heterocycles. The number of ether oxygens (including phenoxy) is 1. The van der Waals surface area contributed by atoms with Crippen LogP contribution in [0.3, 0.4) is 0 Å². The van der Waals surface area contributed by atoms with Crippen LogP contribution in [0.2, 0.25) is 0 Å². The van der Waals surface area contributed by atoms with Gasteiger partial charge in [0, 0.05) is 6.04 Å². The second-order valence-corrected chi connectivity index (χ2v) is 6.93. The van der Waals surface area contributed by atoms with Crippen LogP contribution in [0.15, 0.2) is 0 Å². The van der Waals surface area contributed by atoms with Crippen LogP contribution in [0.4, 0.5) is 4.79 Å². The Morgan fingerprint density at radius 2 is 1.79 bits per heavy atom. The topological polar surface area (TPSA) is 66.8 Å². The van der Waals surface area contributed by atoms with Gasteiger partial charge in [0.25, 0.3) is 0 Å². The molecule has 19 heavy (non-hydrogen) atoms. The van der Waals surface area contributed by atoms with Gasteiger partial charge in [-0.2, -0.15) is 0 Å². The fourth-order valence-electron chi connectivity index (χ4n) is 2.88. The third-order valence-electron chi connectivity index (χ3n) is 3.73. The molecule has 0 unspecified atom stereocenters. The molecule has 0 spiro atoms. The summed E-state index contributed by atoms with van der Waals surface area (Å²) in [6, 6.07) is 0.0402. The highest BCUT2D eigenvalue weighted by Crippen LogP contribution is 2.47. The van der Waals surface area contributed by atoms with Crippen molar-refractivity contribution in [1.82, 2.24) is 4.90 Å². The summed E-state index contributed by atoms with van der Waals surface area (Å²) in [5.74, 6) is -0.553. The molecule has 2 aliphatic rings. The summed E-state index contributed by atoms with van der Waals surface area (Å²) in [4.78, 5) is 25.5. The Morgan fingerprint density at radius 3 is 2.11 bits per heavy atom. The van der Waals surface area contributed by atoms with Gasteiger partial charge < -0.3 is 9.84 Å². The average molecular weight is 269 g/mol. The molecular weight excluding hydrogens is 246 g/mol. The van der Waals surface area contributed by atoms with E-state index in [9.17, 15) is 14.7 Å². The van der Waals surface area contributed by atoms with Crippen molar-refractivity contribution in [3.63, 3.8) is 0 Å². The second-order valence-electron chi connectivity index (χ2n) is 6.93. The average Bonchev–Trinajstić information content (AvgIpc) is 2.95. The predicted octanol–water partition coefficient (Wildman–Crippen LogP) is 2.64. The molecule has 0 aromatic heterocycles. The van der Waals surface area contributed by atoms with Gasteiger partial charge in [0.2, 0.25) is 0 Å². The first kappa shape index (κ1) is 14.2. The Bertz CT molecular complexity index is 389. The van der Waals surface area contributed by atoms with Crippen LogP contribution < -0.4 is 0 Å². The number of carboxylic acids is 1. The largest absolute Gasteiger partial charge is 0.479 e. The van der Waals surface area contributed by atoms with Gasteiger partial charge >= 0.3 is 12.1 Å². The fraction of sp³-hybridized carbons (Fsp3) is 0.857. The van der Waals surface area contributed by atoms with E-state index in [1.54, 1.807) is 20.8 Å². The predicted molar refractivity (Wildman–Crippen MR) is 69.9 cm³/mol. The zero-order chi connectivity index (χ0) is 14.4. The number of carboxylic acid groups (broad SMARTS) is 1. The Hall–Kier alpha value is -1.26. The summed E-state index contributed by atoms with van der Waals surface area (Å²) in [6.07, 6.45) is 2.32. The zero-order valence-corrected chi connectivity index (χ0v) is 12.1. The number of hydrogen-bond acceptors (Lipinski definition) is 3. The molecule has 0 aromatic carbocycles. The highest BCUT2D eigenvalue weighted by molar-refractivity contribution is 5.86. The second kappa shape index (κ2) is 4.39. The smallest absolute Gasteiger partial charge is 0.411 e. The van der Waals surface area contributed by atoms with Crippen molar-refractivity contribution in [2.75, 3.05) is 0 Å².